The van der Waals surface area contributed by atoms with Crippen molar-refractivity contribution >= 4 is 35.5 Å². The molecule has 0 radical (unpaired) electrons. The number of benzene rings is 1. The highest BCUT2D eigenvalue weighted by molar-refractivity contribution is 8.01. The van der Waals surface area contributed by atoms with E-state index >= 15 is 0 Å². The van der Waals surface area contributed by atoms with Crippen molar-refractivity contribution in [3.63, 3.8) is 0 Å². The number of carbonyl (C=O) groups is 4. The standard InChI is InChI=1S/C20H23N5O7S/c1-4-32-19(31)12(9-5-6-11(26)10(7-9)8-22-24-21)15(27)23-13-16(28)25-14(18(29)30)20(2,3)33-17(13)25/h5-7,12-14,17,26H,4,8H2,1-3H3,(H,23,27)(H,29,30). The van der Waals surface area contributed by atoms with E-state index < -0.39 is 51.9 Å². The molecule has 0 aliphatic carbocycles. The molecule has 3 N–H and O–H groups in total. The van der Waals surface area contributed by atoms with Gasteiger partial charge in [0.2, 0.25) is 11.8 Å². The van der Waals surface area contributed by atoms with Crippen LogP contribution in [0, 0.1) is 0 Å². The maximum atomic E-state index is 13.1. The fourth-order valence-electron chi connectivity index (χ4n) is 4.02. The number of azide groups is 1. The van der Waals surface area contributed by atoms with Crippen LogP contribution in [0.3, 0.4) is 0 Å². The number of amides is 2. The number of carboxylic acid groups (broad SMARTS) is 1. The van der Waals surface area contributed by atoms with Crippen molar-refractivity contribution in [3.8, 4) is 5.75 Å². The number of rotatable bonds is 8. The molecule has 13 heteroatoms. The first-order valence-corrected chi connectivity index (χ1v) is 10.9. The van der Waals surface area contributed by atoms with Crippen LogP contribution in [0.25, 0.3) is 10.4 Å². The molecule has 0 saturated carbocycles. The van der Waals surface area contributed by atoms with Crippen LogP contribution in [-0.2, 0) is 30.5 Å². The molecule has 2 aliphatic heterocycles. The minimum atomic E-state index is -1.45. The van der Waals surface area contributed by atoms with E-state index in [1.54, 1.807) is 20.8 Å². The minimum absolute atomic E-state index is 0.00930. The first kappa shape index (κ1) is 24.2. The van der Waals surface area contributed by atoms with Gasteiger partial charge >= 0.3 is 11.9 Å². The molecule has 12 nitrogen and oxygen atoms in total. The maximum absolute atomic E-state index is 13.1. The number of fused-ring (bicyclic) bond motifs is 1. The summed E-state index contributed by atoms with van der Waals surface area (Å²) < 4.78 is 4.27. The fraction of sp³-hybridized carbons (Fsp3) is 0.500. The lowest BCUT2D eigenvalue weighted by atomic mass is 9.93. The van der Waals surface area contributed by atoms with E-state index in [2.05, 4.69) is 15.3 Å². The van der Waals surface area contributed by atoms with Crippen LogP contribution in [0.2, 0.25) is 0 Å². The average molecular weight is 477 g/mol. The number of thioether (sulfide) groups is 1. The number of esters is 1. The van der Waals surface area contributed by atoms with E-state index in [4.69, 9.17) is 10.3 Å². The van der Waals surface area contributed by atoms with Crippen molar-refractivity contribution in [2.75, 3.05) is 6.61 Å². The zero-order valence-corrected chi connectivity index (χ0v) is 18.9. The van der Waals surface area contributed by atoms with Crippen molar-refractivity contribution in [1.29, 1.82) is 0 Å². The fourth-order valence-corrected chi connectivity index (χ4v) is 5.65. The van der Waals surface area contributed by atoms with Gasteiger partial charge in [0.25, 0.3) is 0 Å². The summed E-state index contributed by atoms with van der Waals surface area (Å²) in [6, 6.07) is 1.95. The van der Waals surface area contributed by atoms with Crippen molar-refractivity contribution < 1.29 is 34.1 Å². The summed E-state index contributed by atoms with van der Waals surface area (Å²) in [6.45, 7) is 4.81. The molecule has 2 heterocycles. The molecule has 33 heavy (non-hydrogen) atoms. The third-order valence-electron chi connectivity index (χ3n) is 5.50. The Labute approximate surface area is 192 Å². The molecular weight excluding hydrogens is 454 g/mol. The van der Waals surface area contributed by atoms with Crippen LogP contribution in [0.15, 0.2) is 23.3 Å². The van der Waals surface area contributed by atoms with Crippen LogP contribution < -0.4 is 5.32 Å². The normalized spacial score (nSPS) is 23.5. The van der Waals surface area contributed by atoms with Gasteiger partial charge in [-0.15, -0.1) is 11.8 Å². The summed E-state index contributed by atoms with van der Waals surface area (Å²) in [5, 5.41) is 24.9. The van der Waals surface area contributed by atoms with E-state index in [1.807, 2.05) is 0 Å². The largest absolute Gasteiger partial charge is 0.508 e. The number of nitrogens with one attached hydrogen (secondary N) is 1. The second kappa shape index (κ2) is 9.20. The van der Waals surface area contributed by atoms with Gasteiger partial charge in [-0.05, 0) is 43.5 Å². The molecule has 0 spiro atoms. The van der Waals surface area contributed by atoms with E-state index in [-0.39, 0.29) is 30.0 Å². The molecule has 2 amide bonds. The van der Waals surface area contributed by atoms with E-state index in [9.17, 15) is 29.4 Å². The Kier molecular flexibility index (Phi) is 6.75. The molecule has 1 aromatic carbocycles. The molecule has 176 valence electrons. The number of phenolic OH excluding ortho intramolecular Hbond substituents is 1. The molecule has 3 rings (SSSR count). The number of nitrogens with zero attached hydrogens (tertiary/aromatic N) is 4. The van der Waals surface area contributed by atoms with Gasteiger partial charge in [0.1, 0.15) is 23.2 Å². The number of aromatic hydroxyl groups is 1. The monoisotopic (exact) mass is 477 g/mol. The summed E-state index contributed by atoms with van der Waals surface area (Å²) in [6.07, 6.45) is 0. The Bertz CT molecular complexity index is 1060. The predicted molar refractivity (Wildman–Crippen MR) is 116 cm³/mol. The lowest BCUT2D eigenvalue weighted by molar-refractivity contribution is -0.161. The van der Waals surface area contributed by atoms with E-state index in [0.717, 1.165) is 0 Å². The zero-order chi connectivity index (χ0) is 24.5. The highest BCUT2D eigenvalue weighted by Gasteiger charge is 2.64. The molecular formula is C20H23N5O7S. The lowest BCUT2D eigenvalue weighted by Gasteiger charge is -2.43. The minimum Gasteiger partial charge on any atom is -0.508 e. The second-order valence-electron chi connectivity index (χ2n) is 8.05. The number of aliphatic carboxylic acids is 1. The van der Waals surface area contributed by atoms with Crippen molar-refractivity contribution in [2.45, 2.75) is 55.4 Å². The highest BCUT2D eigenvalue weighted by atomic mass is 32.2. The number of ether oxygens (including phenoxy) is 1. The van der Waals surface area contributed by atoms with Crippen LogP contribution in [0.1, 0.15) is 37.8 Å². The van der Waals surface area contributed by atoms with Gasteiger partial charge in [0, 0.05) is 9.66 Å². The predicted octanol–water partition coefficient (Wildman–Crippen LogP) is 1.48. The Morgan fingerprint density at radius 2 is 2.09 bits per heavy atom. The molecule has 1 aromatic rings. The van der Waals surface area contributed by atoms with E-state index in [1.165, 1.54) is 34.9 Å². The summed E-state index contributed by atoms with van der Waals surface area (Å²) in [7, 11) is 0. The van der Waals surface area contributed by atoms with Gasteiger partial charge in [-0.3, -0.25) is 14.4 Å². The third-order valence-corrected chi connectivity index (χ3v) is 7.07. The average Bonchev–Trinajstić information content (AvgIpc) is 3.00. The van der Waals surface area contributed by atoms with Crippen LogP contribution in [0.4, 0.5) is 0 Å². The number of hydrogen-bond donors (Lipinski definition) is 3. The number of hydrogen-bond acceptors (Lipinski definition) is 8. The Balaban J connectivity index is 1.86. The number of carbonyl (C=O) groups excluding carboxylic acids is 3. The highest BCUT2D eigenvalue weighted by Crippen LogP contribution is 2.50. The third kappa shape index (κ3) is 4.41. The number of β-lactam (4-membered cyclic amide) rings is 1. The topological polar surface area (TPSA) is 182 Å². The molecule has 0 bridgehead atoms. The van der Waals surface area contributed by atoms with Gasteiger partial charge in [-0.2, -0.15) is 0 Å². The maximum Gasteiger partial charge on any atom is 0.327 e. The summed E-state index contributed by atoms with van der Waals surface area (Å²) >= 11 is 1.26. The van der Waals surface area contributed by atoms with Crippen LogP contribution in [0.5, 0.6) is 5.75 Å². The molecule has 2 saturated heterocycles. The second-order valence-corrected chi connectivity index (χ2v) is 9.82. The van der Waals surface area contributed by atoms with Crippen molar-refractivity contribution in [2.24, 2.45) is 5.11 Å². The molecule has 2 aliphatic rings. The molecule has 2 fully saturated rings. The SMILES string of the molecule is CCOC(=O)C(C(=O)NC1C(=O)N2C1SC(C)(C)C2C(=O)O)c1ccc(O)c(CN=[N+]=[N-])c1. The van der Waals surface area contributed by atoms with Gasteiger partial charge in [0.15, 0.2) is 5.92 Å². The van der Waals surface area contributed by atoms with Crippen LogP contribution in [-0.4, -0.2) is 67.7 Å². The first-order chi connectivity index (χ1) is 15.5. The summed E-state index contributed by atoms with van der Waals surface area (Å²) in [5.74, 6) is -4.97. The quantitative estimate of drug-likeness (QED) is 0.126. The van der Waals surface area contributed by atoms with Crippen LogP contribution >= 0.6 is 11.8 Å². The lowest BCUT2D eigenvalue weighted by Crippen LogP contribution is -2.71. The van der Waals surface area contributed by atoms with E-state index in [0.29, 0.717) is 0 Å². The number of phenols is 1. The van der Waals surface area contributed by atoms with Crippen molar-refractivity contribution in [1.82, 2.24) is 10.2 Å². The Morgan fingerprint density at radius 1 is 1.39 bits per heavy atom. The number of carboxylic acids is 1. The Hall–Kier alpha value is -3.44. The van der Waals surface area contributed by atoms with Crippen molar-refractivity contribution in [3.05, 3.63) is 39.8 Å². The first-order valence-electron chi connectivity index (χ1n) is 10.1. The molecule has 4 atom stereocenters. The van der Waals surface area contributed by atoms with Gasteiger partial charge < -0.3 is 25.2 Å². The van der Waals surface area contributed by atoms with Gasteiger partial charge in [0.05, 0.1) is 13.2 Å². The Morgan fingerprint density at radius 3 is 2.70 bits per heavy atom. The summed E-state index contributed by atoms with van der Waals surface area (Å²) in [4.78, 5) is 54.0. The molecule has 0 aromatic heterocycles. The van der Waals surface area contributed by atoms with Gasteiger partial charge in [-0.25, -0.2) is 4.79 Å². The zero-order valence-electron chi connectivity index (χ0n) is 18.1. The van der Waals surface area contributed by atoms with Gasteiger partial charge in [-0.1, -0.05) is 17.2 Å². The summed E-state index contributed by atoms with van der Waals surface area (Å²) in [5.41, 5.74) is 8.91. The molecule has 4 unspecified atom stereocenters. The smallest absolute Gasteiger partial charge is 0.327 e.